The molecule has 1 aromatic carbocycles. The second kappa shape index (κ2) is 4.69. The molecule has 4 heteroatoms. The number of nitrogens with two attached hydrogens (primary N) is 1. The van der Waals surface area contributed by atoms with Crippen molar-refractivity contribution < 1.29 is 4.39 Å². The molecule has 0 spiro atoms. The van der Waals surface area contributed by atoms with Crippen molar-refractivity contribution in [2.75, 3.05) is 0 Å². The number of aryl methyl sites for hydroxylation is 1. The first-order valence-electron chi connectivity index (χ1n) is 6.62. The summed E-state index contributed by atoms with van der Waals surface area (Å²) >= 11 is 1.61. The fraction of sp³-hybridized carbons (Fsp3) is 0.400. The van der Waals surface area contributed by atoms with Crippen molar-refractivity contribution in [3.8, 4) is 11.3 Å². The zero-order valence-corrected chi connectivity index (χ0v) is 11.8. The van der Waals surface area contributed by atoms with E-state index in [2.05, 4.69) is 4.98 Å². The number of benzene rings is 1. The van der Waals surface area contributed by atoms with E-state index in [0.29, 0.717) is 5.56 Å². The molecule has 1 fully saturated rings. The normalized spacial score (nSPS) is 17.8. The van der Waals surface area contributed by atoms with E-state index in [1.54, 1.807) is 23.5 Å². The molecule has 19 heavy (non-hydrogen) atoms. The van der Waals surface area contributed by atoms with Gasteiger partial charge in [-0.1, -0.05) is 25.0 Å². The topological polar surface area (TPSA) is 38.9 Å². The Hall–Kier alpha value is -1.26. The van der Waals surface area contributed by atoms with Crippen molar-refractivity contribution in [3.63, 3.8) is 0 Å². The third-order valence-electron chi connectivity index (χ3n) is 3.85. The smallest absolute Gasteiger partial charge is 0.132 e. The zero-order valence-electron chi connectivity index (χ0n) is 10.9. The van der Waals surface area contributed by atoms with Crippen LogP contribution in [0.5, 0.6) is 0 Å². The summed E-state index contributed by atoms with van der Waals surface area (Å²) in [4.78, 5) is 5.69. The van der Waals surface area contributed by atoms with Crippen molar-refractivity contribution in [2.24, 2.45) is 5.73 Å². The Kier molecular flexibility index (Phi) is 3.15. The van der Waals surface area contributed by atoms with Crippen LogP contribution in [0, 0.1) is 12.7 Å². The lowest BCUT2D eigenvalue weighted by molar-refractivity contribution is 0.459. The van der Waals surface area contributed by atoms with E-state index in [0.717, 1.165) is 41.3 Å². The summed E-state index contributed by atoms with van der Waals surface area (Å²) in [6.45, 7) is 1.99. The molecule has 1 aliphatic rings. The second-order valence-corrected chi connectivity index (χ2v) is 6.47. The largest absolute Gasteiger partial charge is 0.319 e. The number of aromatic nitrogens is 1. The van der Waals surface area contributed by atoms with Gasteiger partial charge in [-0.2, -0.15) is 0 Å². The van der Waals surface area contributed by atoms with Crippen molar-refractivity contribution in [1.82, 2.24) is 4.98 Å². The van der Waals surface area contributed by atoms with E-state index < -0.39 is 0 Å². The van der Waals surface area contributed by atoms with Crippen LogP contribution in [-0.4, -0.2) is 4.98 Å². The minimum Gasteiger partial charge on any atom is -0.319 e. The maximum absolute atomic E-state index is 13.9. The Labute approximate surface area is 116 Å². The van der Waals surface area contributed by atoms with E-state index in [9.17, 15) is 4.39 Å². The monoisotopic (exact) mass is 276 g/mol. The highest BCUT2D eigenvalue weighted by Crippen LogP contribution is 2.41. The highest BCUT2D eigenvalue weighted by molar-refractivity contribution is 7.12. The van der Waals surface area contributed by atoms with Crippen LogP contribution in [0.3, 0.4) is 0 Å². The number of hydrogen-bond acceptors (Lipinski definition) is 3. The third kappa shape index (κ3) is 2.19. The minimum atomic E-state index is -0.293. The molecular weight excluding hydrogens is 259 g/mol. The predicted molar refractivity (Wildman–Crippen MR) is 76.6 cm³/mol. The fourth-order valence-electron chi connectivity index (χ4n) is 2.73. The van der Waals surface area contributed by atoms with Crippen LogP contribution in [-0.2, 0) is 5.54 Å². The van der Waals surface area contributed by atoms with Gasteiger partial charge in [-0.3, -0.25) is 0 Å². The Bertz CT molecular complexity index is 600. The van der Waals surface area contributed by atoms with Crippen molar-refractivity contribution in [3.05, 3.63) is 40.0 Å². The molecule has 0 bridgehead atoms. The van der Waals surface area contributed by atoms with Gasteiger partial charge < -0.3 is 5.73 Å². The van der Waals surface area contributed by atoms with Crippen LogP contribution >= 0.6 is 11.3 Å². The molecule has 2 nitrogen and oxygen atoms in total. The maximum Gasteiger partial charge on any atom is 0.132 e. The Balaban J connectivity index is 2.05. The summed E-state index contributed by atoms with van der Waals surface area (Å²) in [5, 5.41) is 0.959. The van der Waals surface area contributed by atoms with Gasteiger partial charge in [0.15, 0.2) is 0 Å². The zero-order chi connectivity index (χ0) is 13.5. The average Bonchev–Trinajstić information content (AvgIpc) is 2.98. The molecule has 0 aliphatic heterocycles. The molecule has 2 N–H and O–H groups in total. The van der Waals surface area contributed by atoms with Crippen molar-refractivity contribution >= 4 is 11.3 Å². The van der Waals surface area contributed by atoms with E-state index in [-0.39, 0.29) is 11.4 Å². The van der Waals surface area contributed by atoms with E-state index in [4.69, 9.17) is 5.73 Å². The van der Waals surface area contributed by atoms with Gasteiger partial charge in [-0.05, 0) is 31.9 Å². The third-order valence-corrected chi connectivity index (χ3v) is 5.04. The maximum atomic E-state index is 13.9. The Morgan fingerprint density at radius 1 is 1.26 bits per heavy atom. The van der Waals surface area contributed by atoms with Crippen molar-refractivity contribution in [2.45, 2.75) is 38.1 Å². The molecule has 100 valence electrons. The van der Waals surface area contributed by atoms with E-state index in [1.807, 2.05) is 13.0 Å². The van der Waals surface area contributed by atoms with Crippen LogP contribution in [0.2, 0.25) is 0 Å². The number of halogens is 1. The molecule has 0 radical (unpaired) electrons. The highest BCUT2D eigenvalue weighted by Gasteiger charge is 2.35. The minimum absolute atomic E-state index is 0.222. The second-order valence-electron chi connectivity index (χ2n) is 5.27. The lowest BCUT2D eigenvalue weighted by Crippen LogP contribution is -2.32. The molecule has 1 aliphatic carbocycles. The van der Waals surface area contributed by atoms with E-state index in [1.165, 1.54) is 6.07 Å². The first kappa shape index (κ1) is 12.8. The molecule has 0 unspecified atom stereocenters. The van der Waals surface area contributed by atoms with Gasteiger partial charge in [0.25, 0.3) is 0 Å². The predicted octanol–water partition coefficient (Wildman–Crippen LogP) is 3.99. The number of rotatable bonds is 2. The van der Waals surface area contributed by atoms with Gasteiger partial charge in [0.05, 0.1) is 11.2 Å². The van der Waals surface area contributed by atoms with Crippen LogP contribution in [0.4, 0.5) is 4.39 Å². The molecule has 1 saturated carbocycles. The number of thiazole rings is 1. The Morgan fingerprint density at radius 3 is 2.63 bits per heavy atom. The Morgan fingerprint density at radius 2 is 1.95 bits per heavy atom. The van der Waals surface area contributed by atoms with Gasteiger partial charge in [0.2, 0.25) is 0 Å². The number of hydrogen-bond donors (Lipinski definition) is 1. The van der Waals surface area contributed by atoms with Crippen LogP contribution in [0.15, 0.2) is 24.3 Å². The van der Waals surface area contributed by atoms with Gasteiger partial charge in [0, 0.05) is 10.4 Å². The average molecular weight is 276 g/mol. The quantitative estimate of drug-likeness (QED) is 0.901. The van der Waals surface area contributed by atoms with Crippen LogP contribution < -0.4 is 5.73 Å². The molecule has 0 amide bonds. The fourth-order valence-corrected chi connectivity index (χ4v) is 3.82. The van der Waals surface area contributed by atoms with Gasteiger partial charge in [-0.15, -0.1) is 11.3 Å². The lowest BCUT2D eigenvalue weighted by Gasteiger charge is -2.19. The highest BCUT2D eigenvalue weighted by atomic mass is 32.1. The first-order valence-corrected chi connectivity index (χ1v) is 7.43. The number of nitrogens with zero attached hydrogens (tertiary/aromatic N) is 1. The summed E-state index contributed by atoms with van der Waals surface area (Å²) < 4.78 is 13.9. The van der Waals surface area contributed by atoms with E-state index >= 15 is 0 Å². The molecule has 2 aromatic rings. The molecule has 0 saturated heterocycles. The standard InChI is InChI=1S/C15H17FN2S/c1-10-13(11-6-2-3-7-12(11)16)18-14(19-10)15(17)8-4-5-9-15/h2-3,6-7H,4-5,8-9,17H2,1H3. The first-order chi connectivity index (χ1) is 9.10. The molecule has 0 atom stereocenters. The van der Waals surface area contributed by atoms with Crippen LogP contribution in [0.25, 0.3) is 11.3 Å². The molecule has 1 aromatic heterocycles. The van der Waals surface area contributed by atoms with Gasteiger partial charge >= 0.3 is 0 Å². The SMILES string of the molecule is Cc1sc(C2(N)CCCC2)nc1-c1ccccc1F. The summed E-state index contributed by atoms with van der Waals surface area (Å²) in [5.74, 6) is -0.222. The molecule has 1 heterocycles. The van der Waals surface area contributed by atoms with Crippen LogP contribution in [0.1, 0.15) is 35.6 Å². The lowest BCUT2D eigenvalue weighted by atomic mass is 10.0. The van der Waals surface area contributed by atoms with Gasteiger partial charge in [-0.25, -0.2) is 9.37 Å². The van der Waals surface area contributed by atoms with Gasteiger partial charge in [0.1, 0.15) is 10.8 Å². The molecule has 3 rings (SSSR count). The van der Waals surface area contributed by atoms with Crippen molar-refractivity contribution in [1.29, 1.82) is 0 Å². The summed E-state index contributed by atoms with van der Waals surface area (Å²) in [7, 11) is 0. The summed E-state index contributed by atoms with van der Waals surface area (Å²) in [6.07, 6.45) is 4.28. The summed E-state index contributed by atoms with van der Waals surface area (Å²) in [5.41, 5.74) is 7.46. The summed E-state index contributed by atoms with van der Waals surface area (Å²) in [6, 6.07) is 6.79. The molecular formula is C15H17FN2S.